The Hall–Kier alpha value is -4.40. The van der Waals surface area contributed by atoms with Gasteiger partial charge in [0.1, 0.15) is 6.54 Å². The summed E-state index contributed by atoms with van der Waals surface area (Å²) >= 11 is 0. The van der Waals surface area contributed by atoms with E-state index in [-0.39, 0.29) is 18.6 Å². The van der Waals surface area contributed by atoms with Gasteiger partial charge < -0.3 is 14.8 Å². The zero-order chi connectivity index (χ0) is 24.2. The topological polar surface area (TPSA) is 104 Å². The number of aryl methyl sites for hydroxylation is 1. The molecule has 0 unspecified atom stereocenters. The molecule has 174 valence electrons. The molecule has 9 heteroatoms. The third kappa shape index (κ3) is 4.54. The Balaban J connectivity index is 1.70. The number of amides is 1. The van der Waals surface area contributed by atoms with Gasteiger partial charge in [0.25, 0.3) is 5.56 Å². The van der Waals surface area contributed by atoms with Gasteiger partial charge in [0.2, 0.25) is 5.91 Å². The fraction of sp³-hybridized carbons (Fsp3) is 0.200. The van der Waals surface area contributed by atoms with Crippen molar-refractivity contribution in [3.63, 3.8) is 0 Å². The molecule has 34 heavy (non-hydrogen) atoms. The lowest BCUT2D eigenvalue weighted by Gasteiger charge is -2.14. The Bertz CT molecular complexity index is 1470. The maximum absolute atomic E-state index is 13.3. The second-order valence-electron chi connectivity index (χ2n) is 7.73. The first-order valence-corrected chi connectivity index (χ1v) is 10.6. The first-order chi connectivity index (χ1) is 16.4. The molecule has 0 aliphatic heterocycles. The number of methoxy groups -OCH3 is 2. The van der Waals surface area contributed by atoms with E-state index in [1.807, 2.05) is 31.2 Å². The lowest BCUT2D eigenvalue weighted by atomic mass is 10.1. The van der Waals surface area contributed by atoms with Gasteiger partial charge in [-0.1, -0.05) is 29.8 Å². The largest absolute Gasteiger partial charge is 0.493 e. The van der Waals surface area contributed by atoms with Crippen LogP contribution in [0.15, 0.2) is 70.4 Å². The van der Waals surface area contributed by atoms with E-state index in [0.717, 1.165) is 15.7 Å². The molecule has 0 saturated carbocycles. The Morgan fingerprint density at radius 3 is 2.41 bits per heavy atom. The van der Waals surface area contributed by atoms with Crippen LogP contribution in [0.5, 0.6) is 11.5 Å². The number of nitrogens with one attached hydrogen (secondary N) is 1. The number of fused-ring (bicyclic) bond motifs is 1. The number of nitrogens with zero attached hydrogens (tertiary/aromatic N) is 3. The summed E-state index contributed by atoms with van der Waals surface area (Å²) in [6, 6.07) is 15.7. The maximum atomic E-state index is 13.3. The first-order valence-electron chi connectivity index (χ1n) is 10.6. The summed E-state index contributed by atoms with van der Waals surface area (Å²) in [6.07, 6.45) is 1.48. The predicted molar refractivity (Wildman–Crippen MR) is 129 cm³/mol. The van der Waals surface area contributed by atoms with Crippen molar-refractivity contribution in [2.75, 3.05) is 19.5 Å². The molecule has 4 rings (SSSR count). The number of carbonyl (C=O) groups is 1. The van der Waals surface area contributed by atoms with Crippen molar-refractivity contribution in [2.24, 2.45) is 0 Å². The lowest BCUT2D eigenvalue weighted by molar-refractivity contribution is -0.116. The SMILES string of the molecule is COc1ccc(NC(=O)Cn2c(=O)n(Cc3ccc(C)cc3)c(=O)c3ncccc32)cc1OC. The van der Waals surface area contributed by atoms with E-state index in [4.69, 9.17) is 9.47 Å². The molecule has 0 saturated heterocycles. The van der Waals surface area contributed by atoms with Crippen LogP contribution in [0.4, 0.5) is 5.69 Å². The highest BCUT2D eigenvalue weighted by Crippen LogP contribution is 2.29. The number of carbonyl (C=O) groups excluding carboxylic acids is 1. The summed E-state index contributed by atoms with van der Waals surface area (Å²) in [5, 5.41) is 2.76. The fourth-order valence-electron chi connectivity index (χ4n) is 3.67. The molecule has 1 amide bonds. The third-order valence-corrected chi connectivity index (χ3v) is 5.42. The number of hydrogen-bond donors (Lipinski definition) is 1. The summed E-state index contributed by atoms with van der Waals surface area (Å²) in [7, 11) is 3.02. The Kier molecular flexibility index (Phi) is 6.44. The average molecular weight is 460 g/mol. The van der Waals surface area contributed by atoms with Crippen LogP contribution in [0.3, 0.4) is 0 Å². The monoisotopic (exact) mass is 460 g/mol. The zero-order valence-electron chi connectivity index (χ0n) is 19.1. The predicted octanol–water partition coefficient (Wildman–Crippen LogP) is 2.57. The van der Waals surface area contributed by atoms with Crippen LogP contribution in [0.25, 0.3) is 11.0 Å². The van der Waals surface area contributed by atoms with Crippen LogP contribution in [0.2, 0.25) is 0 Å². The van der Waals surface area contributed by atoms with Crippen molar-refractivity contribution in [3.8, 4) is 11.5 Å². The maximum Gasteiger partial charge on any atom is 0.332 e. The molecule has 9 nitrogen and oxygen atoms in total. The molecule has 0 spiro atoms. The minimum atomic E-state index is -0.589. The van der Waals surface area contributed by atoms with E-state index >= 15 is 0 Å². The Labute approximate surface area is 195 Å². The van der Waals surface area contributed by atoms with Gasteiger partial charge in [0.15, 0.2) is 17.0 Å². The van der Waals surface area contributed by atoms with Crippen molar-refractivity contribution in [1.82, 2.24) is 14.1 Å². The normalized spacial score (nSPS) is 10.8. The van der Waals surface area contributed by atoms with Crippen LogP contribution in [0.1, 0.15) is 11.1 Å². The molecular weight excluding hydrogens is 436 g/mol. The standard InChI is InChI=1S/C25H24N4O5/c1-16-6-8-17(9-7-16)14-29-24(31)23-19(5-4-12-26-23)28(25(29)32)15-22(30)27-18-10-11-20(33-2)21(13-18)34-3/h4-13H,14-15H2,1-3H3,(H,27,30). The zero-order valence-corrected chi connectivity index (χ0v) is 19.1. The van der Waals surface area contributed by atoms with Crippen LogP contribution in [-0.4, -0.2) is 34.2 Å². The van der Waals surface area contributed by atoms with Crippen molar-refractivity contribution in [2.45, 2.75) is 20.0 Å². The van der Waals surface area contributed by atoms with E-state index < -0.39 is 17.2 Å². The third-order valence-electron chi connectivity index (χ3n) is 5.42. The first kappa shape index (κ1) is 22.8. The minimum absolute atomic E-state index is 0.0712. The number of hydrogen-bond acceptors (Lipinski definition) is 6. The second kappa shape index (κ2) is 9.62. The second-order valence-corrected chi connectivity index (χ2v) is 7.73. The van der Waals surface area contributed by atoms with Gasteiger partial charge in [-0.05, 0) is 36.8 Å². The molecule has 2 aromatic carbocycles. The van der Waals surface area contributed by atoms with Crippen LogP contribution >= 0.6 is 0 Å². The average Bonchev–Trinajstić information content (AvgIpc) is 2.85. The van der Waals surface area contributed by atoms with Crippen LogP contribution in [-0.2, 0) is 17.9 Å². The van der Waals surface area contributed by atoms with Gasteiger partial charge in [-0.2, -0.15) is 0 Å². The lowest BCUT2D eigenvalue weighted by Crippen LogP contribution is -2.42. The molecular formula is C25H24N4O5. The highest BCUT2D eigenvalue weighted by molar-refractivity contribution is 5.91. The van der Waals surface area contributed by atoms with Crippen LogP contribution < -0.4 is 26.0 Å². The number of pyridine rings is 1. The molecule has 0 bridgehead atoms. The molecule has 2 aromatic heterocycles. The van der Waals surface area contributed by atoms with E-state index in [1.54, 1.807) is 30.3 Å². The van der Waals surface area contributed by atoms with E-state index in [9.17, 15) is 14.4 Å². The van der Waals surface area contributed by atoms with E-state index in [1.165, 1.54) is 25.0 Å². The highest BCUT2D eigenvalue weighted by atomic mass is 16.5. The van der Waals surface area contributed by atoms with Gasteiger partial charge in [-0.15, -0.1) is 0 Å². The Morgan fingerprint density at radius 2 is 1.71 bits per heavy atom. The molecule has 1 N–H and O–H groups in total. The summed E-state index contributed by atoms with van der Waals surface area (Å²) < 4.78 is 12.8. The molecule has 0 aliphatic carbocycles. The number of rotatable bonds is 7. The summed E-state index contributed by atoms with van der Waals surface area (Å²) in [6.45, 7) is 1.73. The quantitative estimate of drug-likeness (QED) is 0.455. The smallest absolute Gasteiger partial charge is 0.332 e. The van der Waals surface area contributed by atoms with Crippen molar-refractivity contribution in [1.29, 1.82) is 0 Å². The number of aromatic nitrogens is 3. The fourth-order valence-corrected chi connectivity index (χ4v) is 3.67. The van der Waals surface area contributed by atoms with Gasteiger partial charge in [0.05, 0.1) is 26.3 Å². The molecule has 0 aliphatic rings. The number of benzene rings is 2. The number of anilines is 1. The van der Waals surface area contributed by atoms with Gasteiger partial charge in [0, 0.05) is 18.0 Å². The van der Waals surface area contributed by atoms with Gasteiger partial charge in [-0.25, -0.2) is 9.78 Å². The van der Waals surface area contributed by atoms with Crippen molar-refractivity contribution >= 4 is 22.6 Å². The van der Waals surface area contributed by atoms with Crippen molar-refractivity contribution < 1.29 is 14.3 Å². The summed E-state index contributed by atoms with van der Waals surface area (Å²) in [5.41, 5.74) is 1.66. The molecule has 0 atom stereocenters. The Morgan fingerprint density at radius 1 is 0.971 bits per heavy atom. The van der Waals surface area contributed by atoms with Crippen molar-refractivity contribution in [3.05, 3.63) is 92.8 Å². The molecule has 2 heterocycles. The summed E-state index contributed by atoms with van der Waals surface area (Å²) in [4.78, 5) is 43.4. The molecule has 4 aromatic rings. The minimum Gasteiger partial charge on any atom is -0.493 e. The highest BCUT2D eigenvalue weighted by Gasteiger charge is 2.17. The van der Waals surface area contributed by atoms with Gasteiger partial charge >= 0.3 is 5.69 Å². The molecule has 0 radical (unpaired) electrons. The summed E-state index contributed by atoms with van der Waals surface area (Å²) in [5.74, 6) is 0.538. The molecule has 0 fully saturated rings. The number of ether oxygens (including phenoxy) is 2. The van der Waals surface area contributed by atoms with E-state index in [0.29, 0.717) is 22.7 Å². The van der Waals surface area contributed by atoms with E-state index in [2.05, 4.69) is 10.3 Å². The van der Waals surface area contributed by atoms with Gasteiger partial charge in [-0.3, -0.25) is 18.7 Å². The van der Waals surface area contributed by atoms with Crippen LogP contribution in [0, 0.1) is 6.92 Å².